The van der Waals surface area contributed by atoms with Gasteiger partial charge in [-0.1, -0.05) is 19.6 Å². The van der Waals surface area contributed by atoms with Crippen LogP contribution in [0.3, 0.4) is 0 Å². The van der Waals surface area contributed by atoms with Crippen LogP contribution in [-0.4, -0.2) is 46.9 Å². The summed E-state index contributed by atoms with van der Waals surface area (Å²) in [6.07, 6.45) is 8.73. The normalized spacial score (nSPS) is 24.5. The van der Waals surface area contributed by atoms with Crippen LogP contribution in [0.5, 0.6) is 0 Å². The third-order valence-corrected chi connectivity index (χ3v) is 9.80. The molecule has 9 nitrogen and oxygen atoms in total. The number of hydrogen-bond acceptors (Lipinski definition) is 6. The van der Waals surface area contributed by atoms with E-state index in [4.69, 9.17) is 9.47 Å². The lowest BCUT2D eigenvalue weighted by Gasteiger charge is -2.19. The van der Waals surface area contributed by atoms with E-state index in [0.717, 1.165) is 67.0 Å². The molecular weight excluding hydrogens is 556 g/mol. The summed E-state index contributed by atoms with van der Waals surface area (Å²) in [6.45, 7) is 14.3. The first-order valence-electron chi connectivity index (χ1n) is 14.9. The first kappa shape index (κ1) is 29.3. The van der Waals surface area contributed by atoms with Crippen molar-refractivity contribution in [1.82, 2.24) is 20.3 Å². The molecule has 228 valence electrons. The van der Waals surface area contributed by atoms with Gasteiger partial charge in [0, 0.05) is 74.1 Å². The number of carbonyl (C=O) groups excluding carboxylic acids is 3. The predicted molar refractivity (Wildman–Crippen MR) is 170 cm³/mol. The number of ether oxygens (including phenoxy) is 2. The fourth-order valence-corrected chi connectivity index (χ4v) is 7.00. The summed E-state index contributed by atoms with van der Waals surface area (Å²) in [5.41, 5.74) is 11.0. The number of carbonyl (C=O) groups is 3. The number of hydrogen-bond donors (Lipinski definition) is 4. The summed E-state index contributed by atoms with van der Waals surface area (Å²) in [5, 5.41) is 5.51. The van der Waals surface area contributed by atoms with Crippen LogP contribution in [0.1, 0.15) is 80.7 Å². The summed E-state index contributed by atoms with van der Waals surface area (Å²) in [6, 6.07) is 0. The fraction of sp³-hybridized carbons (Fsp3) is 0.343. The molecule has 8 bridgehead atoms. The van der Waals surface area contributed by atoms with E-state index in [1.165, 1.54) is 14.2 Å². The zero-order valence-corrected chi connectivity index (χ0v) is 26.2. The molecule has 9 heteroatoms. The van der Waals surface area contributed by atoms with E-state index in [0.29, 0.717) is 23.3 Å². The fourth-order valence-electron chi connectivity index (χ4n) is 7.00. The van der Waals surface area contributed by atoms with Gasteiger partial charge in [-0.15, -0.1) is 0 Å². The van der Waals surface area contributed by atoms with Crippen LogP contribution in [0.2, 0.25) is 0 Å². The molecule has 0 unspecified atom stereocenters. The summed E-state index contributed by atoms with van der Waals surface area (Å²) < 4.78 is 10.1. The predicted octanol–water partition coefficient (Wildman–Crippen LogP) is 4.06. The number of rotatable bonds is 5. The Bertz CT molecular complexity index is 1960. The number of nitrogens with one attached hydrogen (secondary N) is 4. The molecule has 6 rings (SSSR count). The van der Waals surface area contributed by atoms with Crippen LogP contribution in [0.25, 0.3) is 29.9 Å². The molecule has 0 amide bonds. The standard InChI is InChI=1S/C35H38N4O5/c1-9-20-17(4)24-13-25-18(5)21(10-11-28(40)43-7)32(38-25)30-31(35(42)44-8)34(41)29-19(6)26(39-33(29)30)12-22-15(2)16(3)23(36-22)14-27(20)37-24/h9,12-14,18,21,31,36-39H,1,10-11H2,2-8H3/b22-12-,23-14-,25-13-,32-30-/t18-,21-,31+/m0/s1. The zero-order chi connectivity index (χ0) is 31.6. The Morgan fingerprint density at radius 1 is 0.886 bits per heavy atom. The van der Waals surface area contributed by atoms with Crippen molar-refractivity contribution in [1.29, 1.82) is 0 Å². The van der Waals surface area contributed by atoms with Gasteiger partial charge in [0.05, 0.1) is 19.9 Å². The minimum absolute atomic E-state index is 0.0601. The summed E-state index contributed by atoms with van der Waals surface area (Å²) in [4.78, 5) is 50.2. The molecule has 3 atom stereocenters. The quantitative estimate of drug-likeness (QED) is 0.261. The van der Waals surface area contributed by atoms with Gasteiger partial charge in [0.2, 0.25) is 0 Å². The molecule has 1 aliphatic carbocycles. The van der Waals surface area contributed by atoms with Gasteiger partial charge in [0.25, 0.3) is 0 Å². The number of methoxy groups -OCH3 is 2. The Morgan fingerprint density at radius 3 is 2.18 bits per heavy atom. The van der Waals surface area contributed by atoms with Crippen molar-refractivity contribution in [3.8, 4) is 0 Å². The minimum atomic E-state index is -1.12. The highest BCUT2D eigenvalue weighted by molar-refractivity contribution is 6.24. The molecule has 0 spiro atoms. The molecule has 44 heavy (non-hydrogen) atoms. The molecular formula is C35H38N4O5. The number of allylic oxidation sites excluding steroid dienone is 2. The van der Waals surface area contributed by atoms with Crippen molar-refractivity contribution in [2.24, 2.45) is 17.8 Å². The average molecular weight is 595 g/mol. The smallest absolute Gasteiger partial charge is 0.321 e. The summed E-state index contributed by atoms with van der Waals surface area (Å²) >= 11 is 0. The maximum absolute atomic E-state index is 14.0. The Kier molecular flexibility index (Phi) is 7.14. The van der Waals surface area contributed by atoms with Crippen molar-refractivity contribution in [3.05, 3.63) is 84.8 Å². The van der Waals surface area contributed by atoms with Gasteiger partial charge in [-0.05, 0) is 74.6 Å². The Labute approximate surface area is 255 Å². The van der Waals surface area contributed by atoms with Crippen LogP contribution in [0.4, 0.5) is 0 Å². The lowest BCUT2D eigenvalue weighted by Crippen LogP contribution is -2.25. The highest BCUT2D eigenvalue weighted by Gasteiger charge is 2.48. The minimum Gasteiger partial charge on any atom is -0.469 e. The zero-order valence-electron chi connectivity index (χ0n) is 26.2. The maximum Gasteiger partial charge on any atom is 0.321 e. The van der Waals surface area contributed by atoms with E-state index in [1.807, 2.05) is 19.1 Å². The monoisotopic (exact) mass is 594 g/mol. The Morgan fingerprint density at radius 2 is 1.55 bits per heavy atom. The number of H-pyrrole nitrogens is 3. The van der Waals surface area contributed by atoms with Gasteiger partial charge in [0.1, 0.15) is 5.92 Å². The number of Topliss-reactive ketones (excluding diaryl/α,β-unsaturated/α-hetero) is 1. The molecule has 3 aromatic heterocycles. The van der Waals surface area contributed by atoms with Crippen molar-refractivity contribution < 1.29 is 23.9 Å². The third-order valence-electron chi connectivity index (χ3n) is 9.80. The Hall–Kier alpha value is -4.79. The number of ketones is 1. The van der Waals surface area contributed by atoms with Crippen LogP contribution in [0, 0.1) is 45.4 Å². The van der Waals surface area contributed by atoms with E-state index < -0.39 is 11.9 Å². The molecule has 3 aliphatic rings. The number of aromatic amines is 3. The SMILES string of the molecule is C=Cc1c2[nH]c(c1C)/C=C1\N/C(=C3\c4[nH]c(c(C)c4C(=O)[C@@H]3C(=O)OC)/C=c3\[nH]/c(c(C)c3C)=C\2)[C@@H](CCC(=O)OC)[C@@H]1C. The van der Waals surface area contributed by atoms with Crippen LogP contribution < -0.4 is 16.0 Å². The molecule has 2 aliphatic heterocycles. The molecule has 0 radical (unpaired) electrons. The first-order chi connectivity index (χ1) is 21.0. The molecule has 5 heterocycles. The summed E-state index contributed by atoms with van der Waals surface area (Å²) in [5.74, 6) is -2.60. The van der Waals surface area contributed by atoms with Crippen LogP contribution >= 0.6 is 0 Å². The van der Waals surface area contributed by atoms with E-state index in [1.54, 1.807) is 0 Å². The average Bonchev–Trinajstić information content (AvgIpc) is 3.74. The second-order valence-corrected chi connectivity index (χ2v) is 12.0. The molecule has 0 aromatic carbocycles. The number of aromatic nitrogens is 3. The van der Waals surface area contributed by atoms with Crippen LogP contribution in [0.15, 0.2) is 18.0 Å². The molecule has 1 fully saturated rings. The molecule has 3 aromatic rings. The Balaban J connectivity index is 1.71. The van der Waals surface area contributed by atoms with Gasteiger partial charge in [0.15, 0.2) is 5.78 Å². The second kappa shape index (κ2) is 10.7. The van der Waals surface area contributed by atoms with E-state index in [9.17, 15) is 14.4 Å². The maximum atomic E-state index is 14.0. The number of esters is 2. The number of fused-ring (bicyclic) bond motifs is 7. The van der Waals surface area contributed by atoms with Crippen molar-refractivity contribution >= 4 is 47.6 Å². The van der Waals surface area contributed by atoms with E-state index in [-0.39, 0.29) is 30.0 Å². The lowest BCUT2D eigenvalue weighted by atomic mass is 9.85. The molecule has 0 saturated carbocycles. The highest BCUT2D eigenvalue weighted by atomic mass is 16.5. The van der Waals surface area contributed by atoms with Gasteiger partial charge in [-0.3, -0.25) is 14.4 Å². The van der Waals surface area contributed by atoms with Crippen molar-refractivity contribution in [3.63, 3.8) is 0 Å². The second-order valence-electron chi connectivity index (χ2n) is 12.0. The highest BCUT2D eigenvalue weighted by Crippen LogP contribution is 2.48. The van der Waals surface area contributed by atoms with Crippen LogP contribution in [-0.2, 0) is 19.1 Å². The first-order valence-corrected chi connectivity index (χ1v) is 14.9. The van der Waals surface area contributed by atoms with Crippen molar-refractivity contribution in [2.75, 3.05) is 14.2 Å². The van der Waals surface area contributed by atoms with Crippen molar-refractivity contribution in [2.45, 2.75) is 47.5 Å². The van der Waals surface area contributed by atoms with Gasteiger partial charge in [-0.25, -0.2) is 0 Å². The third kappa shape index (κ3) is 4.32. The molecule has 4 N–H and O–H groups in total. The van der Waals surface area contributed by atoms with E-state index >= 15 is 0 Å². The van der Waals surface area contributed by atoms with Gasteiger partial charge < -0.3 is 29.7 Å². The van der Waals surface area contributed by atoms with E-state index in [2.05, 4.69) is 66.7 Å². The largest absolute Gasteiger partial charge is 0.469 e. The van der Waals surface area contributed by atoms with Gasteiger partial charge in [-0.2, -0.15) is 0 Å². The molecule has 1 saturated heterocycles. The topological polar surface area (TPSA) is 129 Å². The summed E-state index contributed by atoms with van der Waals surface area (Å²) in [7, 11) is 2.68. The van der Waals surface area contributed by atoms with Gasteiger partial charge >= 0.3 is 11.9 Å². The lowest BCUT2D eigenvalue weighted by molar-refractivity contribution is -0.142.